The van der Waals surface area contributed by atoms with E-state index in [-0.39, 0.29) is 6.29 Å². The minimum Gasteiger partial charge on any atom is -0.348 e. The summed E-state index contributed by atoms with van der Waals surface area (Å²) in [7, 11) is 0. The largest absolute Gasteiger partial charge is 0.348 e. The molecule has 2 rings (SSSR count). The van der Waals surface area contributed by atoms with Crippen LogP contribution in [-0.4, -0.2) is 13.2 Å². The summed E-state index contributed by atoms with van der Waals surface area (Å²) in [5, 5.41) is 0. The van der Waals surface area contributed by atoms with Crippen molar-refractivity contribution >= 4 is 0 Å². The summed E-state index contributed by atoms with van der Waals surface area (Å²) in [6.45, 7) is 10.1. The molecule has 2 heteroatoms. The molecule has 1 aromatic rings. The van der Waals surface area contributed by atoms with Crippen LogP contribution in [0.2, 0.25) is 0 Å². The number of hydrogen-bond donors (Lipinski definition) is 0. The van der Waals surface area contributed by atoms with E-state index >= 15 is 0 Å². The first-order valence-electron chi connectivity index (χ1n) is 5.89. The average Bonchev–Trinajstić information content (AvgIpc) is 2.28. The van der Waals surface area contributed by atoms with Crippen LogP contribution in [-0.2, 0) is 9.47 Å². The first-order valence-corrected chi connectivity index (χ1v) is 5.89. The highest BCUT2D eigenvalue weighted by atomic mass is 16.7. The second-order valence-electron chi connectivity index (χ2n) is 4.83. The molecule has 1 aliphatic rings. The summed E-state index contributed by atoms with van der Waals surface area (Å²) in [4.78, 5) is 0. The van der Waals surface area contributed by atoms with Gasteiger partial charge in [0.1, 0.15) is 0 Å². The third-order valence-corrected chi connectivity index (χ3v) is 3.42. The summed E-state index contributed by atoms with van der Waals surface area (Å²) < 4.78 is 11.5. The summed E-state index contributed by atoms with van der Waals surface area (Å²) >= 11 is 0. The van der Waals surface area contributed by atoms with Crippen LogP contribution in [0.25, 0.3) is 0 Å². The first kappa shape index (κ1) is 11.6. The molecule has 1 fully saturated rings. The van der Waals surface area contributed by atoms with E-state index in [4.69, 9.17) is 9.47 Å². The second-order valence-corrected chi connectivity index (χ2v) is 4.83. The smallest absolute Gasteiger partial charge is 0.184 e. The highest BCUT2D eigenvalue weighted by Crippen LogP contribution is 2.29. The SMILES string of the molecule is Cc1ccc(C2OCC(C)CO2)c(C)c1C. The molecule has 0 unspecified atom stereocenters. The fourth-order valence-corrected chi connectivity index (χ4v) is 2.01. The zero-order valence-electron chi connectivity index (χ0n) is 10.5. The molecule has 1 saturated heterocycles. The lowest BCUT2D eigenvalue weighted by molar-refractivity contribution is -0.202. The van der Waals surface area contributed by atoms with Crippen LogP contribution in [0.5, 0.6) is 0 Å². The molecule has 0 aliphatic carbocycles. The average molecular weight is 220 g/mol. The van der Waals surface area contributed by atoms with Gasteiger partial charge in [0.15, 0.2) is 6.29 Å². The van der Waals surface area contributed by atoms with Crippen molar-refractivity contribution in [2.24, 2.45) is 5.92 Å². The molecule has 0 saturated carbocycles. The minimum atomic E-state index is -0.171. The van der Waals surface area contributed by atoms with Gasteiger partial charge in [0.05, 0.1) is 13.2 Å². The van der Waals surface area contributed by atoms with Gasteiger partial charge >= 0.3 is 0 Å². The predicted molar refractivity (Wildman–Crippen MR) is 64.5 cm³/mol. The summed E-state index contributed by atoms with van der Waals surface area (Å²) in [5.41, 5.74) is 5.13. The molecule has 0 radical (unpaired) electrons. The third kappa shape index (κ3) is 2.13. The molecule has 0 atom stereocenters. The fraction of sp³-hybridized carbons (Fsp3) is 0.571. The van der Waals surface area contributed by atoms with Crippen LogP contribution >= 0.6 is 0 Å². The molecule has 88 valence electrons. The zero-order chi connectivity index (χ0) is 11.7. The second kappa shape index (κ2) is 4.56. The van der Waals surface area contributed by atoms with Crippen LogP contribution in [0, 0.1) is 26.7 Å². The highest BCUT2D eigenvalue weighted by molar-refractivity contribution is 5.39. The number of rotatable bonds is 1. The van der Waals surface area contributed by atoms with Gasteiger partial charge in [-0.05, 0) is 37.5 Å². The third-order valence-electron chi connectivity index (χ3n) is 3.42. The van der Waals surface area contributed by atoms with Crippen LogP contribution < -0.4 is 0 Å². The summed E-state index contributed by atoms with van der Waals surface area (Å²) in [5.74, 6) is 0.503. The van der Waals surface area contributed by atoms with Gasteiger partial charge in [-0.2, -0.15) is 0 Å². The molecule has 0 N–H and O–H groups in total. The van der Waals surface area contributed by atoms with Crippen LogP contribution in [0.1, 0.15) is 35.5 Å². The van der Waals surface area contributed by atoms with Gasteiger partial charge in [-0.25, -0.2) is 0 Å². The quantitative estimate of drug-likeness (QED) is 0.723. The lowest BCUT2D eigenvalue weighted by Crippen LogP contribution is -2.25. The Hall–Kier alpha value is -0.860. The molecule has 1 heterocycles. The predicted octanol–water partition coefficient (Wildman–Crippen LogP) is 3.29. The molecule has 2 nitrogen and oxygen atoms in total. The molecule has 1 aliphatic heterocycles. The fourth-order valence-electron chi connectivity index (χ4n) is 2.01. The molecular formula is C14H20O2. The lowest BCUT2D eigenvalue weighted by Gasteiger charge is -2.29. The van der Waals surface area contributed by atoms with E-state index in [1.165, 1.54) is 22.3 Å². The lowest BCUT2D eigenvalue weighted by atomic mass is 9.98. The van der Waals surface area contributed by atoms with E-state index in [9.17, 15) is 0 Å². The zero-order valence-corrected chi connectivity index (χ0v) is 10.5. The minimum absolute atomic E-state index is 0.171. The van der Waals surface area contributed by atoms with Crippen molar-refractivity contribution in [3.8, 4) is 0 Å². The number of hydrogen-bond acceptors (Lipinski definition) is 2. The van der Waals surface area contributed by atoms with Crippen LogP contribution in [0.15, 0.2) is 12.1 Å². The van der Waals surface area contributed by atoms with Crippen LogP contribution in [0.4, 0.5) is 0 Å². The van der Waals surface area contributed by atoms with Crippen molar-refractivity contribution in [3.63, 3.8) is 0 Å². The van der Waals surface area contributed by atoms with Crippen molar-refractivity contribution in [2.45, 2.75) is 34.0 Å². The Bertz CT molecular complexity index is 377. The normalized spacial score (nSPS) is 25.8. The van der Waals surface area contributed by atoms with Crippen molar-refractivity contribution in [3.05, 3.63) is 34.4 Å². The van der Waals surface area contributed by atoms with Crippen molar-refractivity contribution in [2.75, 3.05) is 13.2 Å². The van der Waals surface area contributed by atoms with Crippen LogP contribution in [0.3, 0.4) is 0 Å². The molecule has 0 bridgehead atoms. The first-order chi connectivity index (χ1) is 7.59. The van der Waals surface area contributed by atoms with E-state index in [0.29, 0.717) is 5.92 Å². The van der Waals surface area contributed by atoms with Gasteiger partial charge in [0.2, 0.25) is 0 Å². The summed E-state index contributed by atoms with van der Waals surface area (Å²) in [6, 6.07) is 4.26. The summed E-state index contributed by atoms with van der Waals surface area (Å²) in [6.07, 6.45) is -0.171. The molecule has 0 spiro atoms. The molecule has 16 heavy (non-hydrogen) atoms. The van der Waals surface area contributed by atoms with Gasteiger partial charge in [-0.1, -0.05) is 19.1 Å². The maximum Gasteiger partial charge on any atom is 0.184 e. The van der Waals surface area contributed by atoms with E-state index in [1.807, 2.05) is 0 Å². The molecular weight excluding hydrogens is 200 g/mol. The van der Waals surface area contributed by atoms with Crippen molar-refractivity contribution in [1.82, 2.24) is 0 Å². The Morgan fingerprint density at radius 2 is 1.62 bits per heavy atom. The van der Waals surface area contributed by atoms with E-state index in [0.717, 1.165) is 13.2 Å². The number of aryl methyl sites for hydroxylation is 1. The van der Waals surface area contributed by atoms with E-state index in [1.54, 1.807) is 0 Å². The highest BCUT2D eigenvalue weighted by Gasteiger charge is 2.22. The van der Waals surface area contributed by atoms with E-state index in [2.05, 4.69) is 39.8 Å². The monoisotopic (exact) mass is 220 g/mol. The topological polar surface area (TPSA) is 18.5 Å². The molecule has 1 aromatic carbocycles. The maximum atomic E-state index is 5.73. The molecule has 0 amide bonds. The van der Waals surface area contributed by atoms with Gasteiger partial charge < -0.3 is 9.47 Å². The Balaban J connectivity index is 2.24. The van der Waals surface area contributed by atoms with Gasteiger partial charge in [0.25, 0.3) is 0 Å². The number of benzene rings is 1. The Kier molecular flexibility index (Phi) is 3.31. The maximum absolute atomic E-state index is 5.73. The van der Waals surface area contributed by atoms with E-state index < -0.39 is 0 Å². The standard InChI is InChI=1S/C14H20O2/c1-9-7-15-14(16-8-9)13-6-5-10(2)11(3)12(13)4/h5-6,9,14H,7-8H2,1-4H3. The Morgan fingerprint density at radius 1 is 1.00 bits per heavy atom. The Morgan fingerprint density at radius 3 is 2.25 bits per heavy atom. The van der Waals surface area contributed by atoms with Crippen molar-refractivity contribution < 1.29 is 9.47 Å². The van der Waals surface area contributed by atoms with Gasteiger partial charge in [-0.15, -0.1) is 0 Å². The van der Waals surface area contributed by atoms with Gasteiger partial charge in [-0.3, -0.25) is 0 Å². The number of ether oxygens (including phenoxy) is 2. The molecule has 0 aromatic heterocycles. The van der Waals surface area contributed by atoms with Crippen molar-refractivity contribution in [1.29, 1.82) is 0 Å². The Labute approximate surface area is 97.6 Å². The van der Waals surface area contributed by atoms with Gasteiger partial charge in [0, 0.05) is 11.5 Å².